The molecule has 0 bridgehead atoms. The van der Waals surface area contributed by atoms with Crippen molar-refractivity contribution in [2.24, 2.45) is 0 Å². The maximum absolute atomic E-state index is 12.3. The van der Waals surface area contributed by atoms with Gasteiger partial charge in [0.1, 0.15) is 5.69 Å². The first-order chi connectivity index (χ1) is 8.24. The molecule has 1 atom stereocenters. The van der Waals surface area contributed by atoms with Crippen molar-refractivity contribution < 1.29 is 9.53 Å². The topological polar surface area (TPSA) is 56.2 Å². The van der Waals surface area contributed by atoms with Gasteiger partial charge >= 0.3 is 0 Å². The van der Waals surface area contributed by atoms with E-state index in [1.54, 1.807) is 18.0 Å². The summed E-state index contributed by atoms with van der Waals surface area (Å²) in [6, 6.07) is -0.0655. The van der Waals surface area contributed by atoms with E-state index in [-0.39, 0.29) is 11.8 Å². The smallest absolute Gasteiger partial charge is 0.198 e. The number of nitrogens with one attached hydrogen (secondary N) is 1. The average molecular weight is 302 g/mol. The van der Waals surface area contributed by atoms with E-state index in [1.807, 2.05) is 0 Å². The number of carbonyl (C=O) groups excluding carboxylic acids is 1. The minimum Gasteiger partial charge on any atom is -0.383 e. The van der Waals surface area contributed by atoms with E-state index in [2.05, 4.69) is 26.3 Å². The van der Waals surface area contributed by atoms with Gasteiger partial charge in [0.25, 0.3) is 0 Å². The highest BCUT2D eigenvalue weighted by molar-refractivity contribution is 9.10. The number of ether oxygens (including phenoxy) is 1. The molecule has 6 heteroatoms. The fourth-order valence-corrected chi connectivity index (χ4v) is 2.52. The zero-order valence-corrected chi connectivity index (χ0v) is 11.4. The van der Waals surface area contributed by atoms with Crippen LogP contribution in [0.5, 0.6) is 0 Å². The highest BCUT2D eigenvalue weighted by Gasteiger charge is 2.27. The largest absolute Gasteiger partial charge is 0.383 e. The van der Waals surface area contributed by atoms with Crippen LogP contribution in [0.25, 0.3) is 0 Å². The van der Waals surface area contributed by atoms with Crippen molar-refractivity contribution in [1.82, 2.24) is 15.1 Å². The Morgan fingerprint density at radius 1 is 1.76 bits per heavy atom. The van der Waals surface area contributed by atoms with E-state index < -0.39 is 0 Å². The number of ketones is 1. The molecule has 0 amide bonds. The number of rotatable bonds is 5. The molecule has 1 aromatic rings. The third-order valence-corrected chi connectivity index (χ3v) is 3.49. The van der Waals surface area contributed by atoms with Crippen molar-refractivity contribution >= 4 is 21.7 Å². The van der Waals surface area contributed by atoms with Crippen LogP contribution >= 0.6 is 15.9 Å². The summed E-state index contributed by atoms with van der Waals surface area (Å²) >= 11 is 3.38. The Balaban J connectivity index is 2.17. The molecule has 2 rings (SSSR count). The Kier molecular flexibility index (Phi) is 4.31. The lowest BCUT2D eigenvalue weighted by atomic mass is 10.1. The second-order valence-corrected chi connectivity index (χ2v) is 4.92. The van der Waals surface area contributed by atoms with Gasteiger partial charge in [-0.2, -0.15) is 5.10 Å². The zero-order chi connectivity index (χ0) is 12.3. The first-order valence-electron chi connectivity index (χ1n) is 5.72. The standard InChI is InChI=1S/C11H16BrN3O2/c1-17-6-5-15-10(8(12)7-14-15)11(16)9-3-2-4-13-9/h7,9,13H,2-6H2,1H3. The summed E-state index contributed by atoms with van der Waals surface area (Å²) in [6.07, 6.45) is 3.62. The average Bonchev–Trinajstić information content (AvgIpc) is 2.95. The molecule has 1 aliphatic rings. The number of hydrogen-bond donors (Lipinski definition) is 1. The molecule has 0 saturated carbocycles. The molecule has 0 aliphatic carbocycles. The minimum atomic E-state index is -0.0655. The Morgan fingerprint density at radius 2 is 2.59 bits per heavy atom. The summed E-state index contributed by atoms with van der Waals surface area (Å²) in [6.45, 7) is 2.06. The maximum Gasteiger partial charge on any atom is 0.198 e. The van der Waals surface area contributed by atoms with Crippen LogP contribution < -0.4 is 5.32 Å². The Morgan fingerprint density at radius 3 is 3.24 bits per heavy atom. The lowest BCUT2D eigenvalue weighted by Crippen LogP contribution is -2.32. The molecule has 2 heterocycles. The fraction of sp³-hybridized carbons (Fsp3) is 0.636. The van der Waals surface area contributed by atoms with E-state index >= 15 is 0 Å². The second kappa shape index (κ2) is 5.75. The van der Waals surface area contributed by atoms with E-state index in [4.69, 9.17) is 4.74 Å². The quantitative estimate of drug-likeness (QED) is 0.831. The highest BCUT2D eigenvalue weighted by Crippen LogP contribution is 2.20. The number of carbonyl (C=O) groups is 1. The third-order valence-electron chi connectivity index (χ3n) is 2.91. The van der Waals surface area contributed by atoms with Gasteiger partial charge in [-0.3, -0.25) is 9.48 Å². The predicted molar refractivity (Wildman–Crippen MR) is 67.2 cm³/mol. The maximum atomic E-state index is 12.3. The van der Waals surface area contributed by atoms with E-state index in [0.717, 1.165) is 23.9 Å². The summed E-state index contributed by atoms with van der Waals surface area (Å²) in [4.78, 5) is 12.3. The van der Waals surface area contributed by atoms with Crippen LogP contribution in [-0.2, 0) is 11.3 Å². The van der Waals surface area contributed by atoms with Crippen LogP contribution in [0.1, 0.15) is 23.3 Å². The van der Waals surface area contributed by atoms with Crippen LogP contribution in [-0.4, -0.2) is 41.9 Å². The number of Topliss-reactive ketones (excluding diaryl/α,β-unsaturated/α-hetero) is 1. The van der Waals surface area contributed by atoms with Gasteiger partial charge in [0.05, 0.1) is 29.9 Å². The monoisotopic (exact) mass is 301 g/mol. The summed E-state index contributed by atoms with van der Waals surface area (Å²) in [5.41, 5.74) is 0.640. The molecule has 0 spiro atoms. The summed E-state index contributed by atoms with van der Waals surface area (Å²) in [5, 5.41) is 7.40. The molecule has 94 valence electrons. The van der Waals surface area contributed by atoms with Crippen LogP contribution in [0.15, 0.2) is 10.7 Å². The third kappa shape index (κ3) is 2.75. The van der Waals surface area contributed by atoms with Gasteiger partial charge in [-0.15, -0.1) is 0 Å². The van der Waals surface area contributed by atoms with Gasteiger partial charge < -0.3 is 10.1 Å². The Labute approximate surface area is 109 Å². The first-order valence-corrected chi connectivity index (χ1v) is 6.51. The number of halogens is 1. The minimum absolute atomic E-state index is 0.0655. The Bertz CT molecular complexity index is 399. The van der Waals surface area contributed by atoms with Crippen molar-refractivity contribution in [3.8, 4) is 0 Å². The summed E-state index contributed by atoms with van der Waals surface area (Å²) in [7, 11) is 1.64. The van der Waals surface area contributed by atoms with Crippen LogP contribution in [0.2, 0.25) is 0 Å². The van der Waals surface area contributed by atoms with E-state index in [1.165, 1.54) is 0 Å². The Hall–Kier alpha value is -0.720. The molecular weight excluding hydrogens is 286 g/mol. The molecule has 17 heavy (non-hydrogen) atoms. The second-order valence-electron chi connectivity index (χ2n) is 4.07. The van der Waals surface area contributed by atoms with Crippen LogP contribution in [0.4, 0.5) is 0 Å². The van der Waals surface area contributed by atoms with Crippen LogP contribution in [0.3, 0.4) is 0 Å². The molecule has 1 aromatic heterocycles. The van der Waals surface area contributed by atoms with Crippen molar-refractivity contribution in [3.05, 3.63) is 16.4 Å². The zero-order valence-electron chi connectivity index (χ0n) is 9.78. The van der Waals surface area contributed by atoms with E-state index in [0.29, 0.717) is 18.8 Å². The molecule has 0 radical (unpaired) electrons. The predicted octanol–water partition coefficient (Wildman–Crippen LogP) is 1.23. The summed E-state index contributed by atoms with van der Waals surface area (Å²) < 4.78 is 7.47. The van der Waals surface area contributed by atoms with Gasteiger partial charge in [0, 0.05) is 7.11 Å². The van der Waals surface area contributed by atoms with Crippen molar-refractivity contribution in [3.63, 3.8) is 0 Å². The molecule has 1 unspecified atom stereocenters. The van der Waals surface area contributed by atoms with Gasteiger partial charge in [0.2, 0.25) is 0 Å². The van der Waals surface area contributed by atoms with Crippen molar-refractivity contribution in [2.75, 3.05) is 20.3 Å². The number of methoxy groups -OCH3 is 1. The highest BCUT2D eigenvalue weighted by atomic mass is 79.9. The van der Waals surface area contributed by atoms with Crippen molar-refractivity contribution in [1.29, 1.82) is 0 Å². The first kappa shape index (κ1) is 12.7. The fourth-order valence-electron chi connectivity index (χ4n) is 2.03. The van der Waals surface area contributed by atoms with Gasteiger partial charge in [-0.25, -0.2) is 0 Å². The molecule has 1 fully saturated rings. The molecule has 1 aliphatic heterocycles. The van der Waals surface area contributed by atoms with Crippen LogP contribution in [0, 0.1) is 0 Å². The van der Waals surface area contributed by atoms with E-state index in [9.17, 15) is 4.79 Å². The summed E-state index contributed by atoms with van der Waals surface area (Å²) in [5.74, 6) is 0.114. The van der Waals surface area contributed by atoms with Gasteiger partial charge in [0.15, 0.2) is 5.78 Å². The van der Waals surface area contributed by atoms with Crippen molar-refractivity contribution in [2.45, 2.75) is 25.4 Å². The number of aromatic nitrogens is 2. The van der Waals surface area contributed by atoms with Gasteiger partial charge in [-0.05, 0) is 35.3 Å². The molecule has 1 N–H and O–H groups in total. The molecule has 5 nitrogen and oxygen atoms in total. The SMILES string of the molecule is COCCn1ncc(Br)c1C(=O)C1CCCN1. The lowest BCUT2D eigenvalue weighted by Gasteiger charge is -2.11. The molecular formula is C11H16BrN3O2. The number of nitrogens with zero attached hydrogens (tertiary/aromatic N) is 2. The molecule has 1 saturated heterocycles. The van der Waals surface area contributed by atoms with Gasteiger partial charge in [-0.1, -0.05) is 0 Å². The number of hydrogen-bond acceptors (Lipinski definition) is 4. The molecule has 0 aromatic carbocycles. The normalized spacial score (nSPS) is 19.8. The lowest BCUT2D eigenvalue weighted by molar-refractivity contribution is 0.0937.